The largest absolute Gasteiger partial charge is 0.390 e. The summed E-state index contributed by atoms with van der Waals surface area (Å²) in [5, 5.41) is 3.99. The molecule has 0 saturated carbocycles. The van der Waals surface area contributed by atoms with Crippen LogP contribution in [0.1, 0.15) is 17.0 Å². The summed E-state index contributed by atoms with van der Waals surface area (Å²) in [6, 6.07) is 13.7. The second kappa shape index (κ2) is 11.2. The Hall–Kier alpha value is -4.21. The molecule has 0 unspecified atom stereocenters. The van der Waals surface area contributed by atoms with Crippen LogP contribution in [0.25, 0.3) is 11.0 Å². The van der Waals surface area contributed by atoms with E-state index in [1.54, 1.807) is 16.7 Å². The second-order valence-corrected chi connectivity index (χ2v) is 13.5. The maximum absolute atomic E-state index is 14.2. The van der Waals surface area contributed by atoms with Crippen LogP contribution < -0.4 is 9.62 Å². The molecule has 5 rings (SSSR count). The van der Waals surface area contributed by atoms with E-state index >= 15 is 0 Å². The minimum absolute atomic E-state index is 0.0239. The van der Waals surface area contributed by atoms with E-state index in [4.69, 9.17) is 4.84 Å². The number of amides is 1. The number of imidazole rings is 1. The summed E-state index contributed by atoms with van der Waals surface area (Å²) in [4.78, 5) is 24.9. The molecule has 42 heavy (non-hydrogen) atoms. The Kier molecular flexibility index (Phi) is 7.83. The Morgan fingerprint density at radius 3 is 2.33 bits per heavy atom. The lowest BCUT2D eigenvalue weighted by Crippen LogP contribution is -2.32. The molecule has 4 aromatic rings. The van der Waals surface area contributed by atoms with E-state index in [1.165, 1.54) is 47.4 Å². The molecule has 1 aliphatic rings. The first-order chi connectivity index (χ1) is 19.8. The lowest BCUT2D eigenvalue weighted by molar-refractivity contribution is -0.112. The number of fused-ring (bicyclic) bond motifs is 2. The van der Waals surface area contributed by atoms with Gasteiger partial charge in [0.25, 0.3) is 5.91 Å². The zero-order chi connectivity index (χ0) is 30.2. The quantitative estimate of drug-likeness (QED) is 0.270. The average molecular weight is 618 g/mol. The van der Waals surface area contributed by atoms with Gasteiger partial charge in [-0.15, -0.1) is 0 Å². The van der Waals surface area contributed by atoms with Gasteiger partial charge in [-0.05, 0) is 48.0 Å². The third kappa shape index (κ3) is 6.32. The molecule has 0 aliphatic carbocycles. The topological polar surface area (TPSA) is 140 Å². The first kappa shape index (κ1) is 29.3. The van der Waals surface area contributed by atoms with Gasteiger partial charge in [0, 0.05) is 31.0 Å². The number of hydrogen-bond donors (Lipinski definition) is 1. The van der Waals surface area contributed by atoms with Crippen LogP contribution in [-0.2, 0) is 49.2 Å². The number of rotatable bonds is 10. The summed E-state index contributed by atoms with van der Waals surface area (Å²) in [5.41, 5.74) is 1.84. The summed E-state index contributed by atoms with van der Waals surface area (Å²) in [5.74, 6) is -1.37. The average Bonchev–Trinajstić information content (AvgIpc) is 3.37. The number of carbonyl (C=O) groups excluding carboxylic acids is 1. The maximum Gasteiger partial charge on any atom is 0.281 e. The standard InChI is InChI=1S/C27H25F2N5O6S2/c1-41(36,37)20-7-3-17(4-8-20)16-40-32-26-21-13-18(28)5-9-23(21)34(27(26)35)15-25-31-22-14-19(29)6-10-24(22)33(25)12-11-30-42(2,38)39/h3-10,13-14,30H,11-12,15-16H2,1-2H3/b32-26+. The first-order valence-electron chi connectivity index (χ1n) is 12.5. The highest BCUT2D eigenvalue weighted by atomic mass is 32.2. The number of nitrogens with one attached hydrogen (secondary N) is 1. The molecule has 11 nitrogen and oxygen atoms in total. The Bertz CT molecular complexity index is 1940. The highest BCUT2D eigenvalue weighted by Crippen LogP contribution is 2.32. The summed E-state index contributed by atoms with van der Waals surface area (Å²) in [7, 11) is -6.84. The van der Waals surface area contributed by atoms with Crippen molar-refractivity contribution in [1.29, 1.82) is 0 Å². The molecule has 1 amide bonds. The van der Waals surface area contributed by atoms with Crippen LogP contribution in [0.4, 0.5) is 14.5 Å². The number of oxime groups is 1. The van der Waals surface area contributed by atoms with Gasteiger partial charge in [0.1, 0.15) is 24.1 Å². The zero-order valence-corrected chi connectivity index (χ0v) is 24.0. The van der Waals surface area contributed by atoms with Gasteiger partial charge < -0.3 is 9.40 Å². The van der Waals surface area contributed by atoms with Crippen LogP contribution in [0.5, 0.6) is 0 Å². The number of sulfonamides is 1. The number of anilines is 1. The molecular weight excluding hydrogens is 592 g/mol. The molecule has 1 aromatic heterocycles. The first-order valence-corrected chi connectivity index (χ1v) is 16.3. The molecule has 15 heteroatoms. The van der Waals surface area contributed by atoms with Crippen LogP contribution in [0, 0.1) is 11.6 Å². The predicted molar refractivity (Wildman–Crippen MR) is 151 cm³/mol. The van der Waals surface area contributed by atoms with E-state index in [-0.39, 0.29) is 42.4 Å². The molecule has 0 spiro atoms. The summed E-state index contributed by atoms with van der Waals surface area (Å²) in [6.07, 6.45) is 2.13. The van der Waals surface area contributed by atoms with Gasteiger partial charge in [0.2, 0.25) is 10.0 Å². The Labute approximate surface area is 240 Å². The summed E-state index contributed by atoms with van der Waals surface area (Å²) < 4.78 is 78.8. The van der Waals surface area contributed by atoms with Crippen molar-refractivity contribution < 1.29 is 35.2 Å². The van der Waals surface area contributed by atoms with Gasteiger partial charge in [-0.3, -0.25) is 9.69 Å². The number of halogens is 2. The number of sulfone groups is 1. The fourth-order valence-electron chi connectivity index (χ4n) is 4.54. The smallest absolute Gasteiger partial charge is 0.281 e. The molecule has 3 aromatic carbocycles. The molecule has 1 aliphatic heterocycles. The van der Waals surface area contributed by atoms with Crippen molar-refractivity contribution in [3.63, 3.8) is 0 Å². The van der Waals surface area contributed by atoms with E-state index in [2.05, 4.69) is 14.9 Å². The lowest BCUT2D eigenvalue weighted by Gasteiger charge is -2.18. The van der Waals surface area contributed by atoms with Crippen molar-refractivity contribution in [2.45, 2.75) is 24.6 Å². The molecule has 1 N–H and O–H groups in total. The second-order valence-electron chi connectivity index (χ2n) is 9.66. The van der Waals surface area contributed by atoms with Crippen molar-refractivity contribution in [2.24, 2.45) is 5.16 Å². The van der Waals surface area contributed by atoms with Crippen molar-refractivity contribution in [3.8, 4) is 0 Å². The Morgan fingerprint density at radius 1 is 0.952 bits per heavy atom. The van der Waals surface area contributed by atoms with Crippen LogP contribution >= 0.6 is 0 Å². The fourth-order valence-corrected chi connectivity index (χ4v) is 5.64. The van der Waals surface area contributed by atoms with Gasteiger partial charge in [-0.2, -0.15) is 0 Å². The number of carbonyl (C=O) groups is 1. The van der Waals surface area contributed by atoms with E-state index in [0.717, 1.165) is 18.6 Å². The zero-order valence-electron chi connectivity index (χ0n) is 22.4. The SMILES string of the molecule is CS(=O)(=O)NCCn1c(CN2C(=O)/C(=N/OCc3ccc(S(C)(=O)=O)cc3)c3cc(F)ccc32)nc2cc(F)ccc21. The molecule has 2 heterocycles. The molecular formula is C27H25F2N5O6S2. The van der Waals surface area contributed by atoms with Gasteiger partial charge in [-0.25, -0.2) is 35.3 Å². The molecule has 0 saturated heterocycles. The monoisotopic (exact) mass is 617 g/mol. The Balaban J connectivity index is 1.43. The summed E-state index contributed by atoms with van der Waals surface area (Å²) in [6.45, 7) is -0.0278. The summed E-state index contributed by atoms with van der Waals surface area (Å²) >= 11 is 0. The van der Waals surface area contributed by atoms with Crippen LogP contribution in [0.3, 0.4) is 0 Å². The molecule has 0 bridgehead atoms. The van der Waals surface area contributed by atoms with E-state index in [1.807, 2.05) is 0 Å². The van der Waals surface area contributed by atoms with Crippen molar-refractivity contribution in [3.05, 3.63) is 89.2 Å². The normalized spacial score (nSPS) is 14.6. The van der Waals surface area contributed by atoms with Crippen LogP contribution in [0.2, 0.25) is 0 Å². The minimum Gasteiger partial charge on any atom is -0.390 e. The fraction of sp³-hybridized carbons (Fsp3) is 0.222. The van der Waals surface area contributed by atoms with E-state index < -0.39 is 37.4 Å². The van der Waals surface area contributed by atoms with E-state index in [0.29, 0.717) is 28.1 Å². The highest BCUT2D eigenvalue weighted by molar-refractivity contribution is 7.90. The number of nitrogens with zero attached hydrogens (tertiary/aromatic N) is 4. The number of benzene rings is 3. The lowest BCUT2D eigenvalue weighted by atomic mass is 10.1. The van der Waals surface area contributed by atoms with Gasteiger partial charge >= 0.3 is 0 Å². The van der Waals surface area contributed by atoms with Gasteiger partial charge in [0.15, 0.2) is 15.5 Å². The minimum atomic E-state index is -3.47. The maximum atomic E-state index is 14.2. The number of hydrogen-bond acceptors (Lipinski definition) is 8. The highest BCUT2D eigenvalue weighted by Gasteiger charge is 2.36. The van der Waals surface area contributed by atoms with Crippen LogP contribution in [0.15, 0.2) is 70.7 Å². The third-order valence-electron chi connectivity index (χ3n) is 6.48. The van der Waals surface area contributed by atoms with Crippen molar-refractivity contribution >= 4 is 48.2 Å². The third-order valence-corrected chi connectivity index (χ3v) is 8.34. The molecule has 0 atom stereocenters. The van der Waals surface area contributed by atoms with E-state index in [9.17, 15) is 30.4 Å². The van der Waals surface area contributed by atoms with Gasteiger partial charge in [0.05, 0.1) is 34.4 Å². The molecule has 0 fully saturated rings. The van der Waals surface area contributed by atoms with Gasteiger partial charge in [-0.1, -0.05) is 17.3 Å². The van der Waals surface area contributed by atoms with Crippen LogP contribution in [-0.4, -0.2) is 57.1 Å². The Morgan fingerprint density at radius 2 is 1.64 bits per heavy atom. The number of aromatic nitrogens is 2. The predicted octanol–water partition coefficient (Wildman–Crippen LogP) is 2.73. The molecule has 220 valence electrons. The molecule has 0 radical (unpaired) electrons. The van der Waals surface area contributed by atoms with Crippen molar-refractivity contribution in [2.75, 3.05) is 24.0 Å². The van der Waals surface area contributed by atoms with Crippen molar-refractivity contribution in [1.82, 2.24) is 14.3 Å².